The molecule has 8 nitrogen and oxygen atoms in total. The van der Waals surface area contributed by atoms with Crippen molar-refractivity contribution in [3.05, 3.63) is 30.1 Å². The molecule has 0 unspecified atom stereocenters. The number of carboxylic acids is 1. The van der Waals surface area contributed by atoms with Crippen LogP contribution in [0.5, 0.6) is 0 Å². The highest BCUT2D eigenvalue weighted by Gasteiger charge is 2.23. The highest BCUT2D eigenvalue weighted by Crippen LogP contribution is 1.96. The third-order valence-corrected chi connectivity index (χ3v) is 2.39. The predicted molar refractivity (Wildman–Crippen MR) is 69.3 cm³/mol. The number of aromatic nitrogens is 1. The van der Waals surface area contributed by atoms with Crippen molar-refractivity contribution in [2.75, 3.05) is 6.54 Å². The Bertz CT molecular complexity index is 478. The molecule has 0 spiro atoms. The second-order valence-corrected chi connectivity index (χ2v) is 3.96. The molecule has 2 amide bonds. The van der Waals surface area contributed by atoms with E-state index in [1.54, 1.807) is 24.4 Å². The van der Waals surface area contributed by atoms with Gasteiger partial charge in [0.15, 0.2) is 0 Å². The van der Waals surface area contributed by atoms with E-state index in [-0.39, 0.29) is 13.1 Å². The van der Waals surface area contributed by atoms with E-state index in [0.29, 0.717) is 5.69 Å². The van der Waals surface area contributed by atoms with Crippen LogP contribution in [0.25, 0.3) is 0 Å². The van der Waals surface area contributed by atoms with Gasteiger partial charge in [0.25, 0.3) is 0 Å². The van der Waals surface area contributed by atoms with Gasteiger partial charge in [0, 0.05) is 6.20 Å². The minimum Gasteiger partial charge on any atom is -0.481 e. The number of amides is 2. The number of rotatable bonds is 7. The van der Waals surface area contributed by atoms with Crippen LogP contribution in [0.1, 0.15) is 12.1 Å². The number of carbonyl (C=O) groups is 3. The van der Waals surface area contributed by atoms with Crippen LogP contribution in [-0.2, 0) is 20.9 Å². The Hall–Kier alpha value is -2.48. The molecular weight excluding hydrogens is 264 g/mol. The van der Waals surface area contributed by atoms with E-state index in [0.717, 1.165) is 0 Å². The molecule has 1 atom stereocenters. The highest BCUT2D eigenvalue weighted by atomic mass is 16.4. The lowest BCUT2D eigenvalue weighted by molar-refractivity contribution is -0.140. The summed E-state index contributed by atoms with van der Waals surface area (Å²) in [5, 5.41) is 13.5. The number of aliphatic carboxylic acids is 1. The summed E-state index contributed by atoms with van der Waals surface area (Å²) >= 11 is 0. The molecule has 0 saturated carbocycles. The lowest BCUT2D eigenvalue weighted by Gasteiger charge is -2.16. The van der Waals surface area contributed by atoms with Crippen molar-refractivity contribution in [3.8, 4) is 0 Å². The first-order valence-electron chi connectivity index (χ1n) is 5.91. The zero-order valence-electron chi connectivity index (χ0n) is 10.7. The minimum atomic E-state index is -1.19. The van der Waals surface area contributed by atoms with Gasteiger partial charge in [-0.2, -0.15) is 0 Å². The molecule has 0 saturated heterocycles. The monoisotopic (exact) mass is 280 g/mol. The van der Waals surface area contributed by atoms with Gasteiger partial charge in [0.1, 0.15) is 6.04 Å². The van der Waals surface area contributed by atoms with Gasteiger partial charge < -0.3 is 21.5 Å². The summed E-state index contributed by atoms with van der Waals surface area (Å²) in [6.45, 7) is -0.169. The fraction of sp³-hybridized carbons (Fsp3) is 0.333. The molecule has 1 rings (SSSR count). The van der Waals surface area contributed by atoms with Gasteiger partial charge in [-0.3, -0.25) is 19.4 Å². The van der Waals surface area contributed by atoms with E-state index in [1.807, 2.05) is 0 Å². The van der Waals surface area contributed by atoms with Crippen LogP contribution < -0.4 is 16.4 Å². The Labute approximate surface area is 115 Å². The number of nitrogens with one attached hydrogen (secondary N) is 2. The SMILES string of the molecule is NCC(=O)N[C@@H](CC(=O)O)C(=O)NCc1ccccn1. The Morgan fingerprint density at radius 3 is 2.65 bits per heavy atom. The molecule has 0 bridgehead atoms. The number of hydrogen-bond acceptors (Lipinski definition) is 5. The number of carboxylic acid groups (broad SMARTS) is 1. The molecule has 1 heterocycles. The Morgan fingerprint density at radius 2 is 2.10 bits per heavy atom. The summed E-state index contributed by atoms with van der Waals surface area (Å²) in [6.07, 6.45) is 1.06. The fourth-order valence-electron chi connectivity index (χ4n) is 1.44. The van der Waals surface area contributed by atoms with Crippen LogP contribution >= 0.6 is 0 Å². The van der Waals surface area contributed by atoms with E-state index in [1.165, 1.54) is 0 Å². The Kier molecular flexibility index (Phi) is 6.11. The maximum absolute atomic E-state index is 11.8. The highest BCUT2D eigenvalue weighted by molar-refractivity contribution is 5.91. The normalized spacial score (nSPS) is 11.4. The number of carbonyl (C=O) groups excluding carboxylic acids is 2. The molecule has 0 aromatic carbocycles. The second-order valence-electron chi connectivity index (χ2n) is 3.96. The molecule has 8 heteroatoms. The summed E-state index contributed by atoms with van der Waals surface area (Å²) < 4.78 is 0. The third kappa shape index (κ3) is 5.44. The van der Waals surface area contributed by atoms with E-state index in [9.17, 15) is 14.4 Å². The molecule has 0 aliphatic rings. The van der Waals surface area contributed by atoms with Gasteiger partial charge in [-0.1, -0.05) is 6.07 Å². The third-order valence-electron chi connectivity index (χ3n) is 2.39. The number of nitrogens with zero attached hydrogens (tertiary/aromatic N) is 1. The molecule has 0 aliphatic carbocycles. The topological polar surface area (TPSA) is 134 Å². The maximum Gasteiger partial charge on any atom is 0.305 e. The number of nitrogens with two attached hydrogens (primary N) is 1. The first-order valence-corrected chi connectivity index (χ1v) is 5.91. The number of pyridine rings is 1. The largest absolute Gasteiger partial charge is 0.481 e. The fourth-order valence-corrected chi connectivity index (χ4v) is 1.44. The molecular formula is C12H16N4O4. The van der Waals surface area contributed by atoms with E-state index in [2.05, 4.69) is 15.6 Å². The van der Waals surface area contributed by atoms with Gasteiger partial charge in [-0.15, -0.1) is 0 Å². The van der Waals surface area contributed by atoms with E-state index >= 15 is 0 Å². The van der Waals surface area contributed by atoms with Crippen LogP contribution in [0.2, 0.25) is 0 Å². The van der Waals surface area contributed by atoms with Crippen molar-refractivity contribution in [2.24, 2.45) is 5.73 Å². The van der Waals surface area contributed by atoms with E-state index in [4.69, 9.17) is 10.8 Å². The Balaban J connectivity index is 2.58. The number of hydrogen-bond donors (Lipinski definition) is 4. The molecule has 1 aromatic rings. The maximum atomic E-state index is 11.8. The lowest BCUT2D eigenvalue weighted by Crippen LogP contribution is -2.49. The van der Waals surface area contributed by atoms with Crippen LogP contribution in [0.4, 0.5) is 0 Å². The molecule has 0 radical (unpaired) electrons. The van der Waals surface area contributed by atoms with Gasteiger partial charge in [-0.25, -0.2) is 0 Å². The summed E-state index contributed by atoms with van der Waals surface area (Å²) in [5.74, 6) is -2.38. The van der Waals surface area contributed by atoms with Crippen LogP contribution in [-0.4, -0.2) is 40.5 Å². The first-order chi connectivity index (χ1) is 9.52. The summed E-state index contributed by atoms with van der Waals surface area (Å²) in [7, 11) is 0. The predicted octanol–water partition coefficient (Wildman–Crippen LogP) is -1.38. The van der Waals surface area contributed by atoms with Crippen LogP contribution in [0.3, 0.4) is 0 Å². The smallest absolute Gasteiger partial charge is 0.305 e. The minimum absolute atomic E-state index is 0.147. The van der Waals surface area contributed by atoms with Crippen molar-refractivity contribution in [2.45, 2.75) is 19.0 Å². The summed E-state index contributed by atoms with van der Waals surface area (Å²) in [5.41, 5.74) is 5.74. The molecule has 20 heavy (non-hydrogen) atoms. The summed E-state index contributed by atoms with van der Waals surface area (Å²) in [4.78, 5) is 37.7. The van der Waals surface area contributed by atoms with Crippen molar-refractivity contribution in [3.63, 3.8) is 0 Å². The van der Waals surface area contributed by atoms with Gasteiger partial charge >= 0.3 is 5.97 Å². The van der Waals surface area contributed by atoms with Crippen LogP contribution in [0, 0.1) is 0 Å². The van der Waals surface area contributed by atoms with E-state index < -0.39 is 30.2 Å². The van der Waals surface area contributed by atoms with Crippen molar-refractivity contribution >= 4 is 17.8 Å². The average Bonchev–Trinajstić information content (AvgIpc) is 2.44. The molecule has 1 aromatic heterocycles. The zero-order valence-corrected chi connectivity index (χ0v) is 10.7. The molecule has 0 fully saturated rings. The molecule has 0 aliphatic heterocycles. The summed E-state index contributed by atoms with van der Waals surface area (Å²) in [6, 6.07) is 4.05. The van der Waals surface area contributed by atoms with Gasteiger partial charge in [-0.05, 0) is 12.1 Å². The average molecular weight is 280 g/mol. The van der Waals surface area contributed by atoms with Crippen molar-refractivity contribution < 1.29 is 19.5 Å². The lowest BCUT2D eigenvalue weighted by atomic mass is 10.2. The van der Waals surface area contributed by atoms with Crippen LogP contribution in [0.15, 0.2) is 24.4 Å². The molecule has 108 valence electrons. The zero-order chi connectivity index (χ0) is 15.0. The standard InChI is InChI=1S/C12H16N4O4/c13-6-10(17)16-9(5-11(18)19)12(20)15-7-8-3-1-2-4-14-8/h1-4,9H,5-7,13H2,(H,15,20)(H,16,17)(H,18,19)/t9-/m0/s1. The van der Waals surface area contributed by atoms with Crippen molar-refractivity contribution in [1.82, 2.24) is 15.6 Å². The molecule has 5 N–H and O–H groups in total. The Morgan fingerprint density at radius 1 is 1.35 bits per heavy atom. The second kappa shape index (κ2) is 7.85. The van der Waals surface area contributed by atoms with Crippen molar-refractivity contribution in [1.29, 1.82) is 0 Å². The first kappa shape index (κ1) is 15.6. The quantitative estimate of drug-likeness (QED) is 0.486. The van der Waals surface area contributed by atoms with Gasteiger partial charge in [0.05, 0.1) is 25.2 Å². The van der Waals surface area contributed by atoms with Gasteiger partial charge in [0.2, 0.25) is 11.8 Å².